The number of carbonyl (C=O) groups excluding carboxylic acids is 2. The number of nitrogens with zero attached hydrogens (tertiary/aromatic N) is 2. The van der Waals surface area contributed by atoms with Crippen molar-refractivity contribution >= 4 is 17.5 Å². The lowest BCUT2D eigenvalue weighted by atomic mass is 10.2. The fourth-order valence-electron chi connectivity index (χ4n) is 2.37. The third-order valence-electron chi connectivity index (χ3n) is 3.88. The number of amides is 2. The fraction of sp³-hybridized carbons (Fsp3) is 0.556. The molecule has 0 aliphatic heterocycles. The number of carbonyl (C=O) groups is 2. The molecule has 0 fully saturated rings. The van der Waals surface area contributed by atoms with Crippen LogP contribution in [0.15, 0.2) is 18.2 Å². The smallest absolute Gasteiger partial charge is 0.224 e. The molecule has 0 atom stereocenters. The molecule has 0 unspecified atom stereocenters. The Morgan fingerprint density at radius 1 is 1.12 bits per heavy atom. The second-order valence-electron chi connectivity index (χ2n) is 5.63. The number of anilines is 1. The van der Waals surface area contributed by atoms with Gasteiger partial charge in [-0.3, -0.25) is 9.59 Å². The summed E-state index contributed by atoms with van der Waals surface area (Å²) in [6.45, 7) is 4.62. The molecule has 1 aromatic carbocycles. The summed E-state index contributed by atoms with van der Waals surface area (Å²) in [5.41, 5.74) is 0.634. The minimum absolute atomic E-state index is 0.0298. The number of benzene rings is 1. The Hall–Kier alpha value is -2.24. The lowest BCUT2D eigenvalue weighted by Gasteiger charge is -2.25. The zero-order valence-corrected chi connectivity index (χ0v) is 15.3. The predicted octanol–water partition coefficient (Wildman–Crippen LogP) is 2.71. The van der Waals surface area contributed by atoms with Crippen molar-refractivity contribution in [3.8, 4) is 11.5 Å². The monoisotopic (exact) mass is 336 g/mol. The molecule has 0 aromatic heterocycles. The van der Waals surface area contributed by atoms with Crippen LogP contribution in [0.2, 0.25) is 0 Å². The molecule has 1 rings (SSSR count). The van der Waals surface area contributed by atoms with E-state index in [1.165, 1.54) is 6.92 Å². The molecule has 6 heteroatoms. The van der Waals surface area contributed by atoms with Crippen LogP contribution in [-0.4, -0.2) is 51.1 Å². The van der Waals surface area contributed by atoms with Gasteiger partial charge in [0, 0.05) is 39.5 Å². The summed E-state index contributed by atoms with van der Waals surface area (Å²) in [6, 6.07) is 5.26. The van der Waals surface area contributed by atoms with Gasteiger partial charge in [0.1, 0.15) is 11.5 Å². The number of methoxy groups -OCH3 is 2. The Labute approximate surface area is 144 Å². The Morgan fingerprint density at radius 2 is 1.83 bits per heavy atom. The van der Waals surface area contributed by atoms with Gasteiger partial charge in [0.05, 0.1) is 19.9 Å². The van der Waals surface area contributed by atoms with E-state index in [2.05, 4.69) is 6.92 Å². The second-order valence-corrected chi connectivity index (χ2v) is 5.63. The van der Waals surface area contributed by atoms with Crippen molar-refractivity contribution < 1.29 is 19.1 Å². The molecule has 0 saturated carbocycles. The zero-order valence-electron chi connectivity index (χ0n) is 15.3. The van der Waals surface area contributed by atoms with Crippen molar-refractivity contribution in [2.75, 3.05) is 39.3 Å². The lowest BCUT2D eigenvalue weighted by Crippen LogP contribution is -2.35. The molecule has 0 spiro atoms. The SMILES string of the molecule is CCCCN(C)C(=O)CCN(C(C)=O)c1ccc(OC)cc1OC. The maximum Gasteiger partial charge on any atom is 0.224 e. The van der Waals surface area contributed by atoms with Crippen LogP contribution in [0.3, 0.4) is 0 Å². The van der Waals surface area contributed by atoms with Gasteiger partial charge in [-0.15, -0.1) is 0 Å². The van der Waals surface area contributed by atoms with E-state index in [9.17, 15) is 9.59 Å². The minimum atomic E-state index is -0.137. The molecular formula is C18H28N2O4. The number of ether oxygens (including phenoxy) is 2. The van der Waals surface area contributed by atoms with Crippen LogP contribution < -0.4 is 14.4 Å². The Morgan fingerprint density at radius 3 is 2.38 bits per heavy atom. The summed E-state index contributed by atoms with van der Waals surface area (Å²) in [7, 11) is 4.91. The fourth-order valence-corrected chi connectivity index (χ4v) is 2.37. The van der Waals surface area contributed by atoms with Gasteiger partial charge in [-0.1, -0.05) is 13.3 Å². The number of hydrogen-bond acceptors (Lipinski definition) is 4. The lowest BCUT2D eigenvalue weighted by molar-refractivity contribution is -0.129. The molecule has 0 bridgehead atoms. The van der Waals surface area contributed by atoms with Crippen LogP contribution in [0.25, 0.3) is 0 Å². The van der Waals surface area contributed by atoms with E-state index in [-0.39, 0.29) is 18.2 Å². The molecule has 6 nitrogen and oxygen atoms in total. The third kappa shape index (κ3) is 5.44. The van der Waals surface area contributed by atoms with Crippen LogP contribution in [0, 0.1) is 0 Å². The van der Waals surface area contributed by atoms with Crippen molar-refractivity contribution in [1.29, 1.82) is 0 Å². The van der Waals surface area contributed by atoms with Crippen LogP contribution in [0.1, 0.15) is 33.1 Å². The van der Waals surface area contributed by atoms with E-state index in [1.54, 1.807) is 49.3 Å². The van der Waals surface area contributed by atoms with E-state index < -0.39 is 0 Å². The average Bonchev–Trinajstić information content (AvgIpc) is 2.59. The Kier molecular flexibility index (Phi) is 8.09. The maximum absolute atomic E-state index is 12.2. The van der Waals surface area contributed by atoms with Crippen molar-refractivity contribution in [3.63, 3.8) is 0 Å². The first-order valence-corrected chi connectivity index (χ1v) is 8.18. The quantitative estimate of drug-likeness (QED) is 0.696. The predicted molar refractivity (Wildman–Crippen MR) is 94.7 cm³/mol. The summed E-state index contributed by atoms with van der Waals surface area (Å²) < 4.78 is 10.5. The topological polar surface area (TPSA) is 59.1 Å². The van der Waals surface area contributed by atoms with Gasteiger partial charge >= 0.3 is 0 Å². The maximum atomic E-state index is 12.2. The highest BCUT2D eigenvalue weighted by molar-refractivity contribution is 5.94. The van der Waals surface area contributed by atoms with Crippen LogP contribution >= 0.6 is 0 Å². The highest BCUT2D eigenvalue weighted by atomic mass is 16.5. The van der Waals surface area contributed by atoms with E-state index in [0.29, 0.717) is 23.7 Å². The van der Waals surface area contributed by atoms with Crippen molar-refractivity contribution in [2.24, 2.45) is 0 Å². The first-order chi connectivity index (χ1) is 11.4. The van der Waals surface area contributed by atoms with Gasteiger partial charge in [0.2, 0.25) is 11.8 Å². The summed E-state index contributed by atoms with van der Waals surface area (Å²) in [5, 5.41) is 0. The molecule has 0 aliphatic rings. The van der Waals surface area contributed by atoms with Gasteiger partial charge < -0.3 is 19.3 Å². The largest absolute Gasteiger partial charge is 0.497 e. The van der Waals surface area contributed by atoms with Gasteiger partial charge in [0.15, 0.2) is 0 Å². The van der Waals surface area contributed by atoms with E-state index in [0.717, 1.165) is 19.4 Å². The molecule has 0 radical (unpaired) electrons. The highest BCUT2D eigenvalue weighted by Gasteiger charge is 2.19. The average molecular weight is 336 g/mol. The first-order valence-electron chi connectivity index (χ1n) is 8.18. The van der Waals surface area contributed by atoms with Gasteiger partial charge in [-0.2, -0.15) is 0 Å². The van der Waals surface area contributed by atoms with Crippen molar-refractivity contribution in [1.82, 2.24) is 4.90 Å². The van der Waals surface area contributed by atoms with Gasteiger partial charge in [-0.05, 0) is 18.6 Å². The van der Waals surface area contributed by atoms with Crippen LogP contribution in [0.5, 0.6) is 11.5 Å². The van der Waals surface area contributed by atoms with E-state index in [4.69, 9.17) is 9.47 Å². The van der Waals surface area contributed by atoms with Gasteiger partial charge in [-0.25, -0.2) is 0 Å². The molecule has 1 aromatic rings. The number of hydrogen-bond donors (Lipinski definition) is 0. The van der Waals surface area contributed by atoms with Crippen LogP contribution in [0.4, 0.5) is 5.69 Å². The normalized spacial score (nSPS) is 10.2. The number of rotatable bonds is 9. The summed E-state index contributed by atoms with van der Waals surface area (Å²) in [5.74, 6) is 1.08. The van der Waals surface area contributed by atoms with E-state index >= 15 is 0 Å². The standard InChI is InChI=1S/C18H28N2O4/c1-6-7-11-19(3)18(22)10-12-20(14(2)21)16-9-8-15(23-4)13-17(16)24-5/h8-9,13H,6-7,10-12H2,1-5H3. The second kappa shape index (κ2) is 9.80. The molecule has 0 aliphatic carbocycles. The summed E-state index contributed by atoms with van der Waals surface area (Å²) >= 11 is 0. The first kappa shape index (κ1) is 19.8. The Balaban J connectivity index is 2.85. The Bertz CT molecular complexity index is 560. The molecule has 134 valence electrons. The summed E-state index contributed by atoms with van der Waals surface area (Å²) in [4.78, 5) is 27.5. The molecule has 0 saturated heterocycles. The molecule has 0 heterocycles. The number of unbranched alkanes of at least 4 members (excludes halogenated alkanes) is 1. The summed E-state index contributed by atoms with van der Waals surface area (Å²) in [6.07, 6.45) is 2.29. The van der Waals surface area contributed by atoms with Crippen LogP contribution in [-0.2, 0) is 9.59 Å². The van der Waals surface area contributed by atoms with E-state index in [1.807, 2.05) is 0 Å². The van der Waals surface area contributed by atoms with Gasteiger partial charge in [0.25, 0.3) is 0 Å². The molecule has 0 N–H and O–H groups in total. The molecule has 2 amide bonds. The highest BCUT2D eigenvalue weighted by Crippen LogP contribution is 2.32. The minimum Gasteiger partial charge on any atom is -0.497 e. The zero-order chi connectivity index (χ0) is 18.1. The third-order valence-corrected chi connectivity index (χ3v) is 3.88. The molecular weight excluding hydrogens is 308 g/mol. The van der Waals surface area contributed by atoms with Crippen molar-refractivity contribution in [2.45, 2.75) is 33.1 Å². The van der Waals surface area contributed by atoms with Crippen molar-refractivity contribution in [3.05, 3.63) is 18.2 Å². The molecule has 24 heavy (non-hydrogen) atoms.